The number of carbonyl (C=O) groups excluding carboxylic acids is 3. The SMILES string of the molecule is Cc1c2ccnc(C(=O)N[C@H](C)CN(C)C)c2cc2c3cc(OC[C@H](C)N4C(=O)c5ccccc5C4=O)ccc3n(C)c12. The smallest absolute Gasteiger partial charge is 0.270 e. The number of amides is 3. The number of imide groups is 1. The number of ether oxygens (including phenoxy) is 1. The van der Waals surface area contributed by atoms with Crippen LogP contribution in [0.2, 0.25) is 0 Å². The second-order valence-electron chi connectivity index (χ2n) is 11.7. The molecule has 0 fully saturated rings. The Balaban J connectivity index is 1.33. The molecular weight excluding hydrogens is 542 g/mol. The van der Waals surface area contributed by atoms with E-state index in [0.29, 0.717) is 22.6 Å². The van der Waals surface area contributed by atoms with E-state index in [1.807, 2.05) is 70.2 Å². The molecule has 43 heavy (non-hydrogen) atoms. The minimum Gasteiger partial charge on any atom is -0.491 e. The Hall–Kier alpha value is -4.76. The summed E-state index contributed by atoms with van der Waals surface area (Å²) in [5.41, 5.74) is 4.39. The van der Waals surface area contributed by atoms with Crippen LogP contribution in [0.3, 0.4) is 0 Å². The summed E-state index contributed by atoms with van der Waals surface area (Å²) in [5.74, 6) is -0.172. The Bertz CT molecular complexity index is 1910. The van der Waals surface area contributed by atoms with Crippen LogP contribution in [0, 0.1) is 6.92 Å². The molecule has 1 aliphatic rings. The lowest BCUT2D eigenvalue weighted by Crippen LogP contribution is -2.41. The maximum atomic E-state index is 13.3. The molecule has 0 saturated heterocycles. The van der Waals surface area contributed by atoms with Gasteiger partial charge in [0.15, 0.2) is 0 Å². The topological polar surface area (TPSA) is 96.8 Å². The predicted molar refractivity (Wildman–Crippen MR) is 168 cm³/mol. The molecule has 9 heteroatoms. The van der Waals surface area contributed by atoms with E-state index in [4.69, 9.17) is 4.74 Å². The molecule has 0 saturated carbocycles. The molecule has 0 unspecified atom stereocenters. The van der Waals surface area contributed by atoms with Crippen LogP contribution in [-0.2, 0) is 7.05 Å². The number of rotatable bonds is 8. The third-order valence-electron chi connectivity index (χ3n) is 8.24. The molecule has 3 amide bonds. The lowest BCUT2D eigenvalue weighted by Gasteiger charge is -2.22. The van der Waals surface area contributed by atoms with Crippen molar-refractivity contribution in [2.75, 3.05) is 27.2 Å². The van der Waals surface area contributed by atoms with Crippen LogP contribution in [0.1, 0.15) is 50.6 Å². The zero-order chi connectivity index (χ0) is 30.6. The van der Waals surface area contributed by atoms with Crippen LogP contribution in [0.15, 0.2) is 60.8 Å². The molecule has 3 aromatic carbocycles. The number of hydrogen-bond acceptors (Lipinski definition) is 6. The first kappa shape index (κ1) is 28.4. The summed E-state index contributed by atoms with van der Waals surface area (Å²) in [4.78, 5) is 47.0. The molecule has 2 atom stereocenters. The summed E-state index contributed by atoms with van der Waals surface area (Å²) >= 11 is 0. The van der Waals surface area contributed by atoms with Gasteiger partial charge in [-0.1, -0.05) is 12.1 Å². The van der Waals surface area contributed by atoms with Crippen molar-refractivity contribution in [3.8, 4) is 5.75 Å². The van der Waals surface area contributed by atoms with Gasteiger partial charge in [0, 0.05) is 47.5 Å². The predicted octanol–water partition coefficient (Wildman–Crippen LogP) is 4.93. The van der Waals surface area contributed by atoms with E-state index in [1.54, 1.807) is 30.5 Å². The molecule has 0 spiro atoms. The second-order valence-corrected chi connectivity index (χ2v) is 11.7. The third kappa shape index (κ3) is 4.79. The van der Waals surface area contributed by atoms with Crippen LogP contribution in [-0.4, -0.2) is 76.4 Å². The van der Waals surface area contributed by atoms with Gasteiger partial charge in [0.2, 0.25) is 0 Å². The molecule has 0 radical (unpaired) electrons. The number of likely N-dealkylation sites (N-methyl/N-ethyl adjacent to an activating group) is 1. The summed E-state index contributed by atoms with van der Waals surface area (Å²) in [6.45, 7) is 6.74. The van der Waals surface area contributed by atoms with Gasteiger partial charge in [-0.15, -0.1) is 0 Å². The van der Waals surface area contributed by atoms with Crippen LogP contribution in [0.25, 0.3) is 32.6 Å². The van der Waals surface area contributed by atoms with Crippen LogP contribution < -0.4 is 10.1 Å². The van der Waals surface area contributed by atoms with Crippen molar-refractivity contribution < 1.29 is 19.1 Å². The van der Waals surface area contributed by atoms with E-state index in [2.05, 4.69) is 21.8 Å². The van der Waals surface area contributed by atoms with Crippen molar-refractivity contribution in [1.82, 2.24) is 24.7 Å². The lowest BCUT2D eigenvalue weighted by molar-refractivity contribution is 0.0550. The molecule has 220 valence electrons. The van der Waals surface area contributed by atoms with E-state index in [9.17, 15) is 14.4 Å². The summed E-state index contributed by atoms with van der Waals surface area (Å²) in [7, 11) is 5.98. The zero-order valence-electron chi connectivity index (χ0n) is 25.3. The van der Waals surface area contributed by atoms with E-state index < -0.39 is 6.04 Å². The molecule has 1 aliphatic heterocycles. The number of aromatic nitrogens is 2. The van der Waals surface area contributed by atoms with Gasteiger partial charge in [-0.25, -0.2) is 0 Å². The summed E-state index contributed by atoms with van der Waals surface area (Å²) in [6, 6.07) is 16.3. The highest BCUT2D eigenvalue weighted by Gasteiger charge is 2.38. The van der Waals surface area contributed by atoms with Crippen molar-refractivity contribution >= 4 is 50.3 Å². The summed E-state index contributed by atoms with van der Waals surface area (Å²) in [6.07, 6.45) is 1.69. The number of aryl methyl sites for hydroxylation is 2. The molecule has 2 aromatic heterocycles. The first-order valence-corrected chi connectivity index (χ1v) is 14.4. The molecule has 6 rings (SSSR count). The van der Waals surface area contributed by atoms with Gasteiger partial charge >= 0.3 is 0 Å². The van der Waals surface area contributed by atoms with E-state index in [-0.39, 0.29) is 30.4 Å². The van der Waals surface area contributed by atoms with E-state index in [0.717, 1.165) is 44.7 Å². The maximum Gasteiger partial charge on any atom is 0.270 e. The number of nitrogens with zero attached hydrogens (tertiary/aromatic N) is 4. The van der Waals surface area contributed by atoms with E-state index >= 15 is 0 Å². The Labute approximate surface area is 250 Å². The summed E-state index contributed by atoms with van der Waals surface area (Å²) < 4.78 is 8.32. The van der Waals surface area contributed by atoms with Gasteiger partial charge in [-0.3, -0.25) is 24.3 Å². The molecule has 5 aromatic rings. The Morgan fingerprint density at radius 3 is 2.33 bits per heavy atom. The van der Waals surface area contributed by atoms with Crippen molar-refractivity contribution in [3.05, 3.63) is 83.2 Å². The quantitative estimate of drug-likeness (QED) is 0.263. The monoisotopic (exact) mass is 577 g/mol. The van der Waals surface area contributed by atoms with Crippen molar-refractivity contribution in [2.45, 2.75) is 32.9 Å². The normalized spacial score (nSPS) is 14.6. The first-order chi connectivity index (χ1) is 20.6. The van der Waals surface area contributed by atoms with Crippen LogP contribution >= 0.6 is 0 Å². The van der Waals surface area contributed by atoms with Gasteiger partial charge in [-0.2, -0.15) is 0 Å². The average molecular weight is 578 g/mol. The Kier molecular flexibility index (Phi) is 7.14. The molecule has 0 aliphatic carbocycles. The highest BCUT2D eigenvalue weighted by Crippen LogP contribution is 2.37. The van der Waals surface area contributed by atoms with Crippen molar-refractivity contribution in [2.24, 2.45) is 7.05 Å². The van der Waals surface area contributed by atoms with Crippen LogP contribution in [0.5, 0.6) is 5.75 Å². The molecule has 1 N–H and O–H groups in total. The van der Waals surface area contributed by atoms with Gasteiger partial charge in [0.25, 0.3) is 17.7 Å². The maximum absolute atomic E-state index is 13.3. The zero-order valence-corrected chi connectivity index (χ0v) is 25.3. The third-order valence-corrected chi connectivity index (χ3v) is 8.24. The molecule has 9 nitrogen and oxygen atoms in total. The Morgan fingerprint density at radius 1 is 0.953 bits per heavy atom. The largest absolute Gasteiger partial charge is 0.491 e. The number of fused-ring (bicyclic) bond motifs is 5. The molecular formula is C34H35N5O4. The Morgan fingerprint density at radius 2 is 1.65 bits per heavy atom. The van der Waals surface area contributed by atoms with Gasteiger partial charge < -0.3 is 19.5 Å². The number of benzene rings is 3. The minimum absolute atomic E-state index is 0.0376. The fraction of sp³-hybridized carbons (Fsp3) is 0.294. The van der Waals surface area contributed by atoms with Gasteiger partial charge in [0.1, 0.15) is 18.1 Å². The van der Waals surface area contributed by atoms with Crippen molar-refractivity contribution in [1.29, 1.82) is 0 Å². The number of nitrogens with one attached hydrogen (secondary N) is 1. The average Bonchev–Trinajstić information content (AvgIpc) is 3.40. The summed E-state index contributed by atoms with van der Waals surface area (Å²) in [5, 5.41) is 6.82. The molecule has 3 heterocycles. The number of hydrogen-bond donors (Lipinski definition) is 1. The highest BCUT2D eigenvalue weighted by atomic mass is 16.5. The standard InChI is InChI=1S/C34H35N5O4/c1-19(17-37(4)5)36-32(40)30-27-16-28-26-15-22(11-12-29(26)38(6)31(28)21(3)23(27)13-14-35-30)43-18-20(2)39-33(41)24-9-7-8-10-25(24)34(39)42/h7-16,19-20H,17-18H2,1-6H3,(H,36,40)/t19-,20+/m1/s1. The highest BCUT2D eigenvalue weighted by molar-refractivity contribution is 6.21. The minimum atomic E-state index is -0.455. The molecule has 0 bridgehead atoms. The van der Waals surface area contributed by atoms with Crippen molar-refractivity contribution in [3.63, 3.8) is 0 Å². The first-order valence-electron chi connectivity index (χ1n) is 14.4. The second kappa shape index (κ2) is 10.8. The lowest BCUT2D eigenvalue weighted by atomic mass is 10.00. The van der Waals surface area contributed by atoms with Crippen LogP contribution in [0.4, 0.5) is 0 Å². The number of carbonyl (C=O) groups is 3. The van der Waals surface area contributed by atoms with Gasteiger partial charge in [-0.05, 0) is 88.3 Å². The number of pyridine rings is 1. The van der Waals surface area contributed by atoms with Gasteiger partial charge in [0.05, 0.1) is 22.7 Å². The van der Waals surface area contributed by atoms with E-state index in [1.165, 1.54) is 4.90 Å². The fourth-order valence-corrected chi connectivity index (χ4v) is 6.33. The fourth-order valence-electron chi connectivity index (χ4n) is 6.33.